The Kier molecular flexibility index (Phi) is 3.99. The molecule has 1 N–H and O–H groups in total. The van der Waals surface area contributed by atoms with Gasteiger partial charge in [-0.15, -0.1) is 0 Å². The van der Waals surface area contributed by atoms with Crippen LogP contribution in [-0.2, 0) is 4.79 Å². The van der Waals surface area contributed by atoms with Gasteiger partial charge >= 0.3 is 0 Å². The molecule has 1 aromatic rings. The first kappa shape index (κ1) is 13.7. The predicted octanol–water partition coefficient (Wildman–Crippen LogP) is -0.0402. The van der Waals surface area contributed by atoms with E-state index in [2.05, 4.69) is 20.2 Å². The number of carbonyl (C=O) groups excluding carboxylic acids is 1. The van der Waals surface area contributed by atoms with E-state index in [4.69, 9.17) is 0 Å². The number of hydrogen-bond acceptors (Lipinski definition) is 5. The number of amides is 1. The highest BCUT2D eigenvalue weighted by Gasteiger charge is 2.31. The fraction of sp³-hybridized carbons (Fsp3) is 0.615. The van der Waals surface area contributed by atoms with Crippen LogP contribution in [0.2, 0.25) is 0 Å². The highest BCUT2D eigenvalue weighted by Crippen LogP contribution is 2.20. The molecule has 104 valence electrons. The van der Waals surface area contributed by atoms with Crippen LogP contribution in [0.25, 0.3) is 0 Å². The van der Waals surface area contributed by atoms with Crippen LogP contribution in [-0.4, -0.2) is 60.5 Å². The van der Waals surface area contributed by atoms with Crippen molar-refractivity contribution in [3.8, 4) is 0 Å². The molecule has 1 aromatic heterocycles. The first-order valence-corrected chi connectivity index (χ1v) is 6.49. The third-order valence-electron chi connectivity index (χ3n) is 3.29. The number of rotatable bonds is 2. The third kappa shape index (κ3) is 2.84. The van der Waals surface area contributed by atoms with E-state index in [9.17, 15) is 4.79 Å². The highest BCUT2D eigenvalue weighted by molar-refractivity contribution is 5.85. The molecule has 6 nitrogen and oxygen atoms in total. The quantitative estimate of drug-likeness (QED) is 0.811. The van der Waals surface area contributed by atoms with Crippen molar-refractivity contribution >= 4 is 11.7 Å². The number of piperazine rings is 1. The summed E-state index contributed by atoms with van der Waals surface area (Å²) >= 11 is 0. The Hall–Kier alpha value is -1.69. The van der Waals surface area contributed by atoms with Gasteiger partial charge in [-0.2, -0.15) is 0 Å². The summed E-state index contributed by atoms with van der Waals surface area (Å²) in [5.41, 5.74) is 1.74. The Bertz CT molecular complexity index is 474. The molecule has 19 heavy (non-hydrogen) atoms. The first-order chi connectivity index (χ1) is 9.00. The zero-order chi connectivity index (χ0) is 14.0. The minimum atomic E-state index is -0.210. The molecule has 6 heteroatoms. The minimum Gasteiger partial charge on any atom is -0.347 e. The standard InChI is InChI=1S/C13H21N5O/c1-9-7-15-10(2)12(16-9)18-6-5-14-8-11(18)13(19)17(3)4/h7,11,14H,5-6,8H2,1-4H3. The number of likely N-dealkylation sites (N-methyl/N-ethyl adjacent to an activating group) is 1. The van der Waals surface area contributed by atoms with Gasteiger partial charge in [0.1, 0.15) is 6.04 Å². The molecule has 0 aromatic carbocycles. The van der Waals surface area contributed by atoms with Gasteiger partial charge in [-0.05, 0) is 13.8 Å². The molecule has 0 aliphatic carbocycles. The smallest absolute Gasteiger partial charge is 0.246 e. The number of aryl methyl sites for hydroxylation is 2. The van der Waals surface area contributed by atoms with E-state index in [1.54, 1.807) is 25.2 Å². The van der Waals surface area contributed by atoms with Gasteiger partial charge in [0.15, 0.2) is 5.82 Å². The van der Waals surface area contributed by atoms with E-state index in [0.29, 0.717) is 6.54 Å². The van der Waals surface area contributed by atoms with Crippen molar-refractivity contribution in [1.82, 2.24) is 20.2 Å². The van der Waals surface area contributed by atoms with Crippen LogP contribution in [0.15, 0.2) is 6.20 Å². The Morgan fingerprint density at radius 2 is 2.21 bits per heavy atom. The van der Waals surface area contributed by atoms with Crippen molar-refractivity contribution < 1.29 is 4.79 Å². The molecule has 1 unspecified atom stereocenters. The fourth-order valence-corrected chi connectivity index (χ4v) is 2.27. The second-order valence-electron chi connectivity index (χ2n) is 5.07. The summed E-state index contributed by atoms with van der Waals surface area (Å²) in [6.45, 7) is 6.11. The molecule has 1 aliphatic heterocycles. The summed E-state index contributed by atoms with van der Waals surface area (Å²) in [4.78, 5) is 24.9. The van der Waals surface area contributed by atoms with E-state index in [1.807, 2.05) is 13.8 Å². The SMILES string of the molecule is Cc1cnc(C)c(N2CCNCC2C(=O)N(C)C)n1. The van der Waals surface area contributed by atoms with Crippen LogP contribution >= 0.6 is 0 Å². The molecule has 1 fully saturated rings. The van der Waals surface area contributed by atoms with E-state index < -0.39 is 0 Å². The van der Waals surface area contributed by atoms with E-state index >= 15 is 0 Å². The second-order valence-corrected chi connectivity index (χ2v) is 5.07. The average Bonchev–Trinajstić information content (AvgIpc) is 2.40. The van der Waals surface area contributed by atoms with E-state index in [0.717, 1.165) is 30.3 Å². The van der Waals surface area contributed by atoms with Crippen molar-refractivity contribution in [3.63, 3.8) is 0 Å². The number of carbonyl (C=O) groups is 1. The Morgan fingerprint density at radius 3 is 2.89 bits per heavy atom. The molecule has 2 heterocycles. The zero-order valence-electron chi connectivity index (χ0n) is 12.0. The molecular weight excluding hydrogens is 242 g/mol. The summed E-state index contributed by atoms with van der Waals surface area (Å²) in [7, 11) is 3.56. The van der Waals surface area contributed by atoms with Crippen molar-refractivity contribution in [2.45, 2.75) is 19.9 Å². The minimum absolute atomic E-state index is 0.0925. The third-order valence-corrected chi connectivity index (χ3v) is 3.29. The summed E-state index contributed by atoms with van der Waals surface area (Å²) in [5.74, 6) is 0.914. The average molecular weight is 263 g/mol. The van der Waals surface area contributed by atoms with Gasteiger partial charge in [0.05, 0.1) is 11.4 Å². The maximum Gasteiger partial charge on any atom is 0.246 e. The number of nitrogens with one attached hydrogen (secondary N) is 1. The molecule has 1 saturated heterocycles. The maximum atomic E-state index is 12.3. The Balaban J connectivity index is 2.34. The Labute approximate surface area is 113 Å². The van der Waals surface area contributed by atoms with Crippen molar-refractivity contribution in [1.29, 1.82) is 0 Å². The van der Waals surface area contributed by atoms with Crippen LogP contribution in [0.3, 0.4) is 0 Å². The fourth-order valence-electron chi connectivity index (χ4n) is 2.27. The maximum absolute atomic E-state index is 12.3. The second kappa shape index (κ2) is 5.52. The lowest BCUT2D eigenvalue weighted by Gasteiger charge is -2.37. The first-order valence-electron chi connectivity index (χ1n) is 6.49. The van der Waals surface area contributed by atoms with Crippen LogP contribution in [0.4, 0.5) is 5.82 Å². The summed E-state index contributed by atoms with van der Waals surface area (Å²) < 4.78 is 0. The lowest BCUT2D eigenvalue weighted by Crippen LogP contribution is -2.58. The number of hydrogen-bond donors (Lipinski definition) is 1. The van der Waals surface area contributed by atoms with Crippen LogP contribution in [0.5, 0.6) is 0 Å². The number of nitrogens with zero attached hydrogens (tertiary/aromatic N) is 4. The molecule has 0 saturated carbocycles. The van der Waals surface area contributed by atoms with Gasteiger partial charge in [-0.1, -0.05) is 0 Å². The number of anilines is 1. The molecule has 1 amide bonds. The monoisotopic (exact) mass is 263 g/mol. The van der Waals surface area contributed by atoms with Gasteiger partial charge in [0.2, 0.25) is 5.91 Å². The lowest BCUT2D eigenvalue weighted by atomic mass is 10.1. The van der Waals surface area contributed by atoms with Gasteiger partial charge < -0.3 is 15.1 Å². The van der Waals surface area contributed by atoms with Crippen LogP contribution < -0.4 is 10.2 Å². The van der Waals surface area contributed by atoms with Gasteiger partial charge in [0, 0.05) is 39.9 Å². The summed E-state index contributed by atoms with van der Waals surface area (Å²) in [5, 5.41) is 3.27. The molecule has 1 atom stereocenters. The molecule has 1 aliphatic rings. The lowest BCUT2D eigenvalue weighted by molar-refractivity contribution is -0.130. The summed E-state index contributed by atoms with van der Waals surface area (Å²) in [6.07, 6.45) is 1.75. The Morgan fingerprint density at radius 1 is 1.47 bits per heavy atom. The number of aromatic nitrogens is 2. The predicted molar refractivity (Wildman–Crippen MR) is 74.2 cm³/mol. The molecule has 2 rings (SSSR count). The molecular formula is C13H21N5O. The molecule has 0 bridgehead atoms. The topological polar surface area (TPSA) is 61.4 Å². The van der Waals surface area contributed by atoms with E-state index in [1.165, 1.54) is 0 Å². The van der Waals surface area contributed by atoms with Crippen molar-refractivity contribution in [3.05, 3.63) is 17.6 Å². The van der Waals surface area contributed by atoms with Gasteiger partial charge in [-0.25, -0.2) is 4.98 Å². The molecule has 0 spiro atoms. The van der Waals surface area contributed by atoms with E-state index in [-0.39, 0.29) is 11.9 Å². The zero-order valence-corrected chi connectivity index (χ0v) is 12.0. The largest absolute Gasteiger partial charge is 0.347 e. The normalized spacial score (nSPS) is 19.4. The highest BCUT2D eigenvalue weighted by atomic mass is 16.2. The van der Waals surface area contributed by atoms with Crippen molar-refractivity contribution in [2.75, 3.05) is 38.6 Å². The van der Waals surface area contributed by atoms with Crippen LogP contribution in [0, 0.1) is 13.8 Å². The van der Waals surface area contributed by atoms with Gasteiger partial charge in [-0.3, -0.25) is 9.78 Å². The van der Waals surface area contributed by atoms with Crippen LogP contribution in [0.1, 0.15) is 11.4 Å². The molecule has 0 radical (unpaired) electrons. The van der Waals surface area contributed by atoms with Crippen molar-refractivity contribution in [2.24, 2.45) is 0 Å². The van der Waals surface area contributed by atoms with Gasteiger partial charge in [0.25, 0.3) is 0 Å². The summed E-state index contributed by atoms with van der Waals surface area (Å²) in [6, 6.07) is -0.210.